The summed E-state index contributed by atoms with van der Waals surface area (Å²) in [6.07, 6.45) is 1.15. The molecule has 20 heavy (non-hydrogen) atoms. The quantitative estimate of drug-likeness (QED) is 0.916. The third-order valence-corrected chi connectivity index (χ3v) is 4.74. The number of nitrogens with zero attached hydrogens (tertiary/aromatic N) is 1. The van der Waals surface area contributed by atoms with Gasteiger partial charge in [0.25, 0.3) is 0 Å². The number of hydrogen-bond acceptors (Lipinski definition) is 3. The Bertz CT molecular complexity index is 472. The van der Waals surface area contributed by atoms with Crippen LogP contribution in [0.2, 0.25) is 0 Å². The predicted octanol–water partition coefficient (Wildman–Crippen LogP) is 2.37. The summed E-state index contributed by atoms with van der Waals surface area (Å²) in [6.45, 7) is 10.5. The molecule has 0 bridgehead atoms. The summed E-state index contributed by atoms with van der Waals surface area (Å²) in [7, 11) is 0. The Hall–Kier alpha value is -0.900. The van der Waals surface area contributed by atoms with Crippen molar-refractivity contribution in [3.05, 3.63) is 35.4 Å². The summed E-state index contributed by atoms with van der Waals surface area (Å²) in [5.74, 6) is 0. The van der Waals surface area contributed by atoms with Gasteiger partial charge in [0.05, 0.1) is 13.2 Å². The Morgan fingerprint density at radius 3 is 2.90 bits per heavy atom. The van der Waals surface area contributed by atoms with Crippen LogP contribution >= 0.6 is 0 Å². The maximum atomic E-state index is 5.68. The minimum atomic E-state index is 0.124. The summed E-state index contributed by atoms with van der Waals surface area (Å²) in [5.41, 5.74) is 3.12. The SMILES string of the molecule is CCNC1c2ccccc2CC1N1CCOCC1(C)C. The van der Waals surface area contributed by atoms with Gasteiger partial charge in [-0.05, 0) is 37.9 Å². The maximum Gasteiger partial charge on any atom is 0.0645 e. The van der Waals surface area contributed by atoms with Crippen molar-refractivity contribution < 1.29 is 4.74 Å². The van der Waals surface area contributed by atoms with Gasteiger partial charge in [-0.3, -0.25) is 4.90 Å². The topological polar surface area (TPSA) is 24.5 Å². The molecule has 0 spiro atoms. The first kappa shape index (κ1) is 14.1. The van der Waals surface area contributed by atoms with Crippen molar-refractivity contribution in [2.75, 3.05) is 26.3 Å². The van der Waals surface area contributed by atoms with Crippen LogP contribution in [0.3, 0.4) is 0 Å². The maximum absolute atomic E-state index is 5.68. The molecule has 1 N–H and O–H groups in total. The van der Waals surface area contributed by atoms with Crippen molar-refractivity contribution in [1.82, 2.24) is 10.2 Å². The lowest BCUT2D eigenvalue weighted by molar-refractivity contribution is -0.0763. The van der Waals surface area contributed by atoms with E-state index < -0.39 is 0 Å². The highest BCUT2D eigenvalue weighted by atomic mass is 16.5. The van der Waals surface area contributed by atoms with Gasteiger partial charge in [0, 0.05) is 24.2 Å². The Labute approximate surface area is 122 Å². The summed E-state index contributed by atoms with van der Waals surface area (Å²) in [6, 6.07) is 9.90. The molecule has 1 aromatic carbocycles. The van der Waals surface area contributed by atoms with Crippen LogP contribution in [0.5, 0.6) is 0 Å². The average Bonchev–Trinajstić information content (AvgIpc) is 2.78. The Kier molecular flexibility index (Phi) is 3.85. The van der Waals surface area contributed by atoms with E-state index in [0.717, 1.165) is 32.7 Å². The number of rotatable bonds is 3. The fraction of sp³-hybridized carbons (Fsp3) is 0.647. The zero-order valence-corrected chi connectivity index (χ0v) is 12.9. The molecule has 1 aliphatic heterocycles. The zero-order chi connectivity index (χ0) is 14.2. The van der Waals surface area contributed by atoms with Crippen LogP contribution in [0.15, 0.2) is 24.3 Å². The first-order valence-electron chi connectivity index (χ1n) is 7.79. The van der Waals surface area contributed by atoms with E-state index in [-0.39, 0.29) is 5.54 Å². The van der Waals surface area contributed by atoms with Gasteiger partial charge < -0.3 is 10.1 Å². The number of nitrogens with one attached hydrogen (secondary N) is 1. The molecule has 1 saturated heterocycles. The molecule has 0 saturated carbocycles. The van der Waals surface area contributed by atoms with Crippen LogP contribution in [0.1, 0.15) is 37.9 Å². The molecule has 2 unspecified atom stereocenters. The minimum Gasteiger partial charge on any atom is -0.378 e. The predicted molar refractivity (Wildman–Crippen MR) is 82.0 cm³/mol. The van der Waals surface area contributed by atoms with Crippen LogP contribution in [0, 0.1) is 0 Å². The van der Waals surface area contributed by atoms with E-state index in [1.54, 1.807) is 0 Å². The van der Waals surface area contributed by atoms with Crippen LogP contribution < -0.4 is 5.32 Å². The smallest absolute Gasteiger partial charge is 0.0645 e. The number of fused-ring (bicyclic) bond motifs is 1. The summed E-state index contributed by atoms with van der Waals surface area (Å²) in [4.78, 5) is 2.66. The molecule has 2 atom stereocenters. The van der Waals surface area contributed by atoms with E-state index in [1.165, 1.54) is 11.1 Å². The van der Waals surface area contributed by atoms with Crippen LogP contribution in [0.25, 0.3) is 0 Å². The lowest BCUT2D eigenvalue weighted by Gasteiger charge is -2.47. The van der Waals surface area contributed by atoms with Crippen molar-refractivity contribution >= 4 is 0 Å². The molecule has 0 radical (unpaired) electrons. The van der Waals surface area contributed by atoms with Crippen molar-refractivity contribution in [3.63, 3.8) is 0 Å². The zero-order valence-electron chi connectivity index (χ0n) is 12.9. The largest absolute Gasteiger partial charge is 0.378 e. The molecule has 1 heterocycles. The molecule has 1 aromatic rings. The molecule has 3 nitrogen and oxygen atoms in total. The highest BCUT2D eigenvalue weighted by Crippen LogP contribution is 2.38. The molecule has 0 aromatic heterocycles. The molecule has 3 rings (SSSR count). The second kappa shape index (κ2) is 5.47. The van der Waals surface area contributed by atoms with E-state index in [1.807, 2.05) is 0 Å². The molecular formula is C17H26N2O. The van der Waals surface area contributed by atoms with Crippen molar-refractivity contribution in [1.29, 1.82) is 0 Å². The molecule has 110 valence electrons. The summed E-state index contributed by atoms with van der Waals surface area (Å²) >= 11 is 0. The summed E-state index contributed by atoms with van der Waals surface area (Å²) < 4.78 is 5.68. The summed E-state index contributed by atoms with van der Waals surface area (Å²) in [5, 5.41) is 3.70. The number of morpholine rings is 1. The highest BCUT2D eigenvalue weighted by molar-refractivity contribution is 5.37. The van der Waals surface area contributed by atoms with E-state index in [0.29, 0.717) is 12.1 Å². The third kappa shape index (κ3) is 2.39. The van der Waals surface area contributed by atoms with Gasteiger partial charge in [0.1, 0.15) is 0 Å². The second-order valence-electron chi connectivity index (χ2n) is 6.56. The van der Waals surface area contributed by atoms with Crippen molar-refractivity contribution in [2.45, 2.75) is 44.8 Å². The van der Waals surface area contributed by atoms with Crippen molar-refractivity contribution in [3.8, 4) is 0 Å². The van der Waals surface area contributed by atoms with Gasteiger partial charge in [-0.2, -0.15) is 0 Å². The van der Waals surface area contributed by atoms with Gasteiger partial charge in [-0.1, -0.05) is 31.2 Å². The first-order valence-corrected chi connectivity index (χ1v) is 7.79. The Morgan fingerprint density at radius 1 is 1.35 bits per heavy atom. The number of likely N-dealkylation sites (N-methyl/N-ethyl adjacent to an activating group) is 1. The standard InChI is InChI=1S/C17H26N2O/c1-4-18-16-14-8-6-5-7-13(14)11-15(16)19-9-10-20-12-17(19,2)3/h5-8,15-16,18H,4,9-12H2,1-3H3. The lowest BCUT2D eigenvalue weighted by atomic mass is 9.96. The van der Waals surface area contributed by atoms with Crippen LogP contribution in [-0.2, 0) is 11.2 Å². The second-order valence-corrected chi connectivity index (χ2v) is 6.56. The molecule has 2 aliphatic rings. The fourth-order valence-corrected chi connectivity index (χ4v) is 3.82. The van der Waals surface area contributed by atoms with Gasteiger partial charge in [0.2, 0.25) is 0 Å². The number of hydrogen-bond donors (Lipinski definition) is 1. The lowest BCUT2D eigenvalue weighted by Crippen LogP contribution is -2.59. The van der Waals surface area contributed by atoms with E-state index >= 15 is 0 Å². The van der Waals surface area contributed by atoms with Crippen molar-refractivity contribution in [2.24, 2.45) is 0 Å². The minimum absolute atomic E-state index is 0.124. The molecule has 3 heteroatoms. The van der Waals surface area contributed by atoms with E-state index in [4.69, 9.17) is 4.74 Å². The monoisotopic (exact) mass is 274 g/mol. The fourth-order valence-electron chi connectivity index (χ4n) is 3.82. The normalized spacial score (nSPS) is 29.4. The molecule has 1 fully saturated rings. The molecule has 0 amide bonds. The van der Waals surface area contributed by atoms with Crippen LogP contribution in [-0.4, -0.2) is 42.8 Å². The molecular weight excluding hydrogens is 248 g/mol. The average molecular weight is 274 g/mol. The number of benzene rings is 1. The highest BCUT2D eigenvalue weighted by Gasteiger charge is 2.42. The van der Waals surface area contributed by atoms with Gasteiger partial charge in [0.15, 0.2) is 0 Å². The third-order valence-electron chi connectivity index (χ3n) is 4.74. The Balaban J connectivity index is 1.90. The molecule has 1 aliphatic carbocycles. The van der Waals surface area contributed by atoms with Gasteiger partial charge in [-0.25, -0.2) is 0 Å². The number of ether oxygens (including phenoxy) is 1. The first-order chi connectivity index (χ1) is 9.63. The van der Waals surface area contributed by atoms with E-state index in [9.17, 15) is 0 Å². The Morgan fingerprint density at radius 2 is 2.15 bits per heavy atom. The van der Waals surface area contributed by atoms with Gasteiger partial charge >= 0.3 is 0 Å². The van der Waals surface area contributed by atoms with Crippen LogP contribution in [0.4, 0.5) is 0 Å². The van der Waals surface area contributed by atoms with E-state index in [2.05, 4.69) is 55.3 Å². The van der Waals surface area contributed by atoms with Gasteiger partial charge in [-0.15, -0.1) is 0 Å².